The highest BCUT2D eigenvalue weighted by Crippen LogP contribution is 2.50. The number of rotatable bonds is 9. The van der Waals surface area contributed by atoms with Gasteiger partial charge >= 0.3 is 6.36 Å². The molecule has 0 aromatic heterocycles. The van der Waals surface area contributed by atoms with Crippen LogP contribution < -0.4 is 9.64 Å². The molecule has 6 rings (SSSR count). The van der Waals surface area contributed by atoms with Crippen LogP contribution in [0.3, 0.4) is 0 Å². The highest BCUT2D eigenvalue weighted by Gasteiger charge is 2.45. The van der Waals surface area contributed by atoms with Gasteiger partial charge in [0.1, 0.15) is 12.3 Å². The predicted molar refractivity (Wildman–Crippen MR) is 187 cm³/mol. The lowest BCUT2D eigenvalue weighted by Gasteiger charge is -2.29. The number of hydrogen-bond acceptors (Lipinski definition) is 2. The molecule has 0 spiro atoms. The lowest BCUT2D eigenvalue weighted by molar-refractivity contribution is -0.439. The third kappa shape index (κ3) is 7.22. The Morgan fingerprint density at radius 2 is 1.49 bits per heavy atom. The summed E-state index contributed by atoms with van der Waals surface area (Å²) in [5.41, 5.74) is 7.69. The van der Waals surface area contributed by atoms with E-state index in [4.69, 9.17) is 0 Å². The van der Waals surface area contributed by atoms with E-state index in [9.17, 15) is 13.2 Å². The van der Waals surface area contributed by atoms with Gasteiger partial charge in [0.2, 0.25) is 5.69 Å². The largest absolute Gasteiger partial charge is 0.573 e. The van der Waals surface area contributed by atoms with Crippen molar-refractivity contribution >= 4 is 17.1 Å². The molecule has 2 aromatic carbocycles. The summed E-state index contributed by atoms with van der Waals surface area (Å²) in [4.78, 5) is 2.37. The highest BCUT2D eigenvalue weighted by molar-refractivity contribution is 6.03. The van der Waals surface area contributed by atoms with Gasteiger partial charge in [0, 0.05) is 47.5 Å². The maximum absolute atomic E-state index is 13.2. The molecule has 254 valence electrons. The Balaban J connectivity index is 1.34. The zero-order valence-electron chi connectivity index (χ0n) is 29.2. The standard InChI is InChI=1S/C41H54F3N2O/c1-29-19-21-35-33(27-29)39(2,3)37(45(35)25-23-30-13-8-6-9-14-30)17-12-18-38-40(4,5)34-28-32(47-41(42,43)44)20-22-36(34)46(38)26-24-31-15-10-7-11-16-31/h12,17-22,27-28,30-31H,6-11,13-16,23-26H2,1-5H3/q+1. The minimum Gasteiger partial charge on any atom is -0.406 e. The molecule has 47 heavy (non-hydrogen) atoms. The summed E-state index contributed by atoms with van der Waals surface area (Å²) in [6.07, 6.45) is 17.5. The molecule has 0 atom stereocenters. The second kappa shape index (κ2) is 13.5. The molecule has 2 fully saturated rings. The van der Waals surface area contributed by atoms with Crippen molar-refractivity contribution < 1.29 is 22.5 Å². The summed E-state index contributed by atoms with van der Waals surface area (Å²) in [5.74, 6) is 1.35. The van der Waals surface area contributed by atoms with Crippen molar-refractivity contribution in [1.82, 2.24) is 0 Å². The van der Waals surface area contributed by atoms with Crippen molar-refractivity contribution in [3.05, 3.63) is 77.0 Å². The molecule has 2 heterocycles. The first kappa shape index (κ1) is 33.9. The third-order valence-corrected chi connectivity index (χ3v) is 11.6. The van der Waals surface area contributed by atoms with Crippen molar-refractivity contribution in [2.24, 2.45) is 11.8 Å². The fraction of sp³-hybridized carbons (Fsp3) is 0.585. The van der Waals surface area contributed by atoms with Gasteiger partial charge in [-0.25, -0.2) is 0 Å². The molecule has 2 aliphatic heterocycles. The number of fused-ring (bicyclic) bond motifs is 2. The predicted octanol–water partition coefficient (Wildman–Crippen LogP) is 11.4. The van der Waals surface area contributed by atoms with E-state index in [1.54, 1.807) is 6.07 Å². The summed E-state index contributed by atoms with van der Waals surface area (Å²) >= 11 is 0. The summed E-state index contributed by atoms with van der Waals surface area (Å²) in [5, 5.41) is 0. The minimum atomic E-state index is -4.72. The number of aryl methyl sites for hydroxylation is 1. The topological polar surface area (TPSA) is 15.5 Å². The zero-order chi connectivity index (χ0) is 33.4. The SMILES string of the molecule is Cc1ccc2c(c1)C(C)(C)C(/C=C/C=C1/N(CCC3CCCCC3)c3ccc(OC(F)(F)F)cc3C1(C)C)=[N+]2CCC1CCCCC1. The van der Waals surface area contributed by atoms with Crippen molar-refractivity contribution in [3.8, 4) is 5.75 Å². The van der Waals surface area contributed by atoms with E-state index in [1.807, 2.05) is 6.07 Å². The second-order valence-corrected chi connectivity index (χ2v) is 15.7. The molecule has 0 saturated heterocycles. The van der Waals surface area contributed by atoms with E-state index in [2.05, 4.69) is 85.3 Å². The van der Waals surface area contributed by atoms with Crippen LogP contribution in [-0.4, -0.2) is 29.7 Å². The van der Waals surface area contributed by atoms with Crippen molar-refractivity contribution in [3.63, 3.8) is 0 Å². The van der Waals surface area contributed by atoms with Gasteiger partial charge in [-0.15, -0.1) is 13.2 Å². The van der Waals surface area contributed by atoms with E-state index in [-0.39, 0.29) is 11.2 Å². The molecule has 4 aliphatic rings. The van der Waals surface area contributed by atoms with Crippen molar-refractivity contribution in [1.29, 1.82) is 0 Å². The van der Waals surface area contributed by atoms with Gasteiger partial charge in [0.25, 0.3) is 0 Å². The van der Waals surface area contributed by atoms with Crippen LogP contribution >= 0.6 is 0 Å². The Bertz CT molecular complexity index is 1530. The van der Waals surface area contributed by atoms with Crippen LogP contribution in [-0.2, 0) is 10.8 Å². The fourth-order valence-electron chi connectivity index (χ4n) is 8.93. The molecular formula is C41H54F3N2O+. The van der Waals surface area contributed by atoms with Crippen molar-refractivity contribution in [2.75, 3.05) is 18.0 Å². The summed E-state index contributed by atoms with van der Waals surface area (Å²) < 4.78 is 46.5. The zero-order valence-corrected chi connectivity index (χ0v) is 29.2. The smallest absolute Gasteiger partial charge is 0.406 e. The van der Waals surface area contributed by atoms with Crippen LogP contribution in [0.5, 0.6) is 5.75 Å². The van der Waals surface area contributed by atoms with Crippen LogP contribution in [0.15, 0.2) is 60.3 Å². The van der Waals surface area contributed by atoms with Crippen LogP contribution in [0, 0.1) is 18.8 Å². The van der Waals surface area contributed by atoms with E-state index in [0.717, 1.165) is 42.4 Å². The third-order valence-electron chi connectivity index (χ3n) is 11.6. The highest BCUT2D eigenvalue weighted by atomic mass is 19.4. The van der Waals surface area contributed by atoms with Gasteiger partial charge in [-0.2, -0.15) is 4.58 Å². The van der Waals surface area contributed by atoms with Gasteiger partial charge in [0.15, 0.2) is 5.71 Å². The maximum atomic E-state index is 13.2. The number of hydrogen-bond donors (Lipinski definition) is 0. The number of ether oxygens (including phenoxy) is 1. The molecule has 0 N–H and O–H groups in total. The number of halogens is 3. The number of alkyl halides is 3. The second-order valence-electron chi connectivity index (χ2n) is 15.7. The molecule has 0 radical (unpaired) electrons. The van der Waals surface area contributed by atoms with Crippen LogP contribution in [0.2, 0.25) is 0 Å². The Labute approximate surface area is 280 Å². The first-order chi connectivity index (χ1) is 22.3. The van der Waals surface area contributed by atoms with Gasteiger partial charge in [-0.05, 0) is 74.9 Å². The Morgan fingerprint density at radius 3 is 2.15 bits per heavy atom. The summed E-state index contributed by atoms with van der Waals surface area (Å²) in [7, 11) is 0. The monoisotopic (exact) mass is 647 g/mol. The average molecular weight is 648 g/mol. The molecule has 0 bridgehead atoms. The molecule has 0 amide bonds. The van der Waals surface area contributed by atoms with E-state index in [1.165, 1.54) is 99.2 Å². The number of nitrogens with zero attached hydrogens (tertiary/aromatic N) is 2. The maximum Gasteiger partial charge on any atom is 0.573 e. The van der Waals surface area contributed by atoms with Crippen molar-refractivity contribution in [2.45, 2.75) is 129 Å². The first-order valence-corrected chi connectivity index (χ1v) is 18.2. The van der Waals surface area contributed by atoms with E-state index < -0.39 is 11.8 Å². The lowest BCUT2D eigenvalue weighted by atomic mass is 9.80. The quantitative estimate of drug-likeness (QED) is 0.252. The first-order valence-electron chi connectivity index (χ1n) is 18.2. The normalized spacial score (nSPS) is 22.4. The number of benzene rings is 2. The Morgan fingerprint density at radius 1 is 0.830 bits per heavy atom. The van der Waals surface area contributed by atoms with Gasteiger partial charge in [0.05, 0.1) is 5.41 Å². The van der Waals surface area contributed by atoms with Crippen LogP contribution in [0.4, 0.5) is 24.5 Å². The van der Waals surface area contributed by atoms with Crippen LogP contribution in [0.25, 0.3) is 0 Å². The molecule has 2 saturated carbocycles. The minimum absolute atomic E-state index is 0.137. The molecular weight excluding hydrogens is 593 g/mol. The Kier molecular flexibility index (Phi) is 9.71. The average Bonchev–Trinajstić information content (AvgIpc) is 3.37. The van der Waals surface area contributed by atoms with E-state index >= 15 is 0 Å². The molecule has 2 aliphatic carbocycles. The van der Waals surface area contributed by atoms with Gasteiger partial charge in [-0.1, -0.05) is 95.8 Å². The fourth-order valence-corrected chi connectivity index (χ4v) is 8.93. The molecule has 6 heteroatoms. The lowest BCUT2D eigenvalue weighted by Crippen LogP contribution is -2.29. The van der Waals surface area contributed by atoms with Crippen LogP contribution in [0.1, 0.15) is 121 Å². The number of allylic oxidation sites excluding steroid dienone is 4. The molecule has 2 aromatic rings. The number of anilines is 1. The molecule has 3 nitrogen and oxygen atoms in total. The van der Waals surface area contributed by atoms with Gasteiger partial charge < -0.3 is 9.64 Å². The van der Waals surface area contributed by atoms with Gasteiger partial charge in [-0.3, -0.25) is 0 Å². The Hall–Kier alpha value is -3.02. The summed E-state index contributed by atoms with van der Waals surface area (Å²) in [6.45, 7) is 13.0. The van der Waals surface area contributed by atoms with E-state index in [0.29, 0.717) is 5.92 Å². The molecule has 0 unspecified atom stereocenters. The summed E-state index contributed by atoms with van der Waals surface area (Å²) in [6, 6.07) is 11.8.